The number of carboxylic acid groups (broad SMARTS) is 1. The van der Waals surface area contributed by atoms with E-state index in [0.29, 0.717) is 24.6 Å². The van der Waals surface area contributed by atoms with E-state index in [4.69, 9.17) is 0 Å². The number of aliphatic carboxylic acids is 1. The van der Waals surface area contributed by atoms with Crippen LogP contribution in [0.1, 0.15) is 57.8 Å². The van der Waals surface area contributed by atoms with Crippen molar-refractivity contribution in [1.29, 1.82) is 0 Å². The van der Waals surface area contributed by atoms with Crippen LogP contribution in [0.3, 0.4) is 0 Å². The molecule has 1 aliphatic heterocycles. The first-order chi connectivity index (χ1) is 12.0. The van der Waals surface area contributed by atoms with E-state index >= 15 is 0 Å². The fraction of sp³-hybridized carbons (Fsp3) is 0.400. The summed E-state index contributed by atoms with van der Waals surface area (Å²) in [6.07, 6.45) is 2.99. The Labute approximate surface area is 146 Å². The Kier molecular flexibility index (Phi) is 3.67. The van der Waals surface area contributed by atoms with Crippen LogP contribution >= 0.6 is 0 Å². The molecule has 130 valence electrons. The van der Waals surface area contributed by atoms with Gasteiger partial charge in [0.1, 0.15) is 0 Å². The summed E-state index contributed by atoms with van der Waals surface area (Å²) < 4.78 is 2.22. The second kappa shape index (κ2) is 5.76. The molecule has 2 aromatic rings. The van der Waals surface area contributed by atoms with Gasteiger partial charge in [-0.15, -0.1) is 0 Å². The maximum absolute atomic E-state index is 13.2. The van der Waals surface area contributed by atoms with Gasteiger partial charge in [0.15, 0.2) is 6.04 Å². The number of aromatic nitrogens is 1. The summed E-state index contributed by atoms with van der Waals surface area (Å²) >= 11 is 0. The molecule has 1 N–H and O–H groups in total. The highest BCUT2D eigenvalue weighted by atomic mass is 16.4. The predicted molar refractivity (Wildman–Crippen MR) is 93.7 cm³/mol. The SMILES string of the molecule is Cc1cc(C(=O)N2CCc3ccccc3[C@H]2C(=O)O)c(C)n1C1CC1. The second-order valence-corrected chi connectivity index (χ2v) is 7.07. The van der Waals surface area contributed by atoms with E-state index in [1.54, 1.807) is 0 Å². The van der Waals surface area contributed by atoms with Gasteiger partial charge in [-0.2, -0.15) is 0 Å². The number of rotatable bonds is 3. The van der Waals surface area contributed by atoms with E-state index < -0.39 is 12.0 Å². The lowest BCUT2D eigenvalue weighted by Gasteiger charge is -2.34. The van der Waals surface area contributed by atoms with Gasteiger partial charge < -0.3 is 14.6 Å². The maximum Gasteiger partial charge on any atom is 0.331 e. The minimum atomic E-state index is -0.975. The standard InChI is InChI=1S/C20H22N2O3/c1-12-11-17(13(2)22(12)15-7-8-15)19(23)21-10-9-14-5-3-4-6-16(14)18(21)20(24)25/h3-6,11,15,18H,7-10H2,1-2H3,(H,24,25)/t18-/m0/s1. The maximum atomic E-state index is 13.2. The Morgan fingerprint density at radius 1 is 1.16 bits per heavy atom. The molecule has 1 aromatic heterocycles. The third kappa shape index (κ3) is 2.54. The molecule has 0 bridgehead atoms. The smallest absolute Gasteiger partial charge is 0.331 e. The van der Waals surface area contributed by atoms with Gasteiger partial charge in [0, 0.05) is 24.0 Å². The van der Waals surface area contributed by atoms with Crippen molar-refractivity contribution in [2.45, 2.75) is 45.2 Å². The number of fused-ring (bicyclic) bond motifs is 1. The zero-order chi connectivity index (χ0) is 17.7. The molecule has 2 heterocycles. The lowest BCUT2D eigenvalue weighted by Crippen LogP contribution is -2.43. The normalized spacial score (nSPS) is 19.6. The van der Waals surface area contributed by atoms with Crippen LogP contribution < -0.4 is 0 Å². The fourth-order valence-corrected chi connectivity index (χ4v) is 4.09. The van der Waals surface area contributed by atoms with Gasteiger partial charge in [0.2, 0.25) is 0 Å². The highest BCUT2D eigenvalue weighted by Gasteiger charge is 2.38. The van der Waals surface area contributed by atoms with Crippen LogP contribution in [0.2, 0.25) is 0 Å². The first-order valence-corrected chi connectivity index (χ1v) is 8.79. The number of aryl methyl sites for hydroxylation is 1. The Bertz CT molecular complexity index is 864. The average Bonchev–Trinajstić information content (AvgIpc) is 3.38. The number of nitrogens with zero attached hydrogens (tertiary/aromatic N) is 2. The van der Waals surface area contributed by atoms with Gasteiger partial charge in [-0.3, -0.25) is 4.79 Å². The number of hydrogen-bond acceptors (Lipinski definition) is 2. The molecule has 2 aliphatic rings. The molecule has 1 atom stereocenters. The van der Waals surface area contributed by atoms with Crippen molar-refractivity contribution in [3.05, 3.63) is 58.4 Å². The number of carbonyl (C=O) groups is 2. The van der Waals surface area contributed by atoms with Gasteiger partial charge in [-0.25, -0.2) is 4.79 Å². The predicted octanol–water partition coefficient (Wildman–Crippen LogP) is 3.26. The topological polar surface area (TPSA) is 62.5 Å². The van der Waals surface area contributed by atoms with Crippen molar-refractivity contribution < 1.29 is 14.7 Å². The van der Waals surface area contributed by atoms with Crippen LogP contribution in [0.4, 0.5) is 0 Å². The summed E-state index contributed by atoms with van der Waals surface area (Å²) in [5.41, 5.74) is 4.41. The Morgan fingerprint density at radius 3 is 2.56 bits per heavy atom. The van der Waals surface area contributed by atoms with Crippen molar-refractivity contribution in [2.24, 2.45) is 0 Å². The van der Waals surface area contributed by atoms with E-state index in [1.165, 1.54) is 4.90 Å². The Morgan fingerprint density at radius 2 is 1.88 bits per heavy atom. The minimum Gasteiger partial charge on any atom is -0.479 e. The summed E-state index contributed by atoms with van der Waals surface area (Å²) in [4.78, 5) is 26.7. The van der Waals surface area contributed by atoms with Gasteiger partial charge >= 0.3 is 5.97 Å². The molecular formula is C20H22N2O3. The molecule has 0 saturated heterocycles. The lowest BCUT2D eigenvalue weighted by atomic mass is 9.92. The van der Waals surface area contributed by atoms with Crippen LogP contribution in [0.15, 0.2) is 30.3 Å². The Hall–Kier alpha value is -2.56. The molecule has 1 fully saturated rings. The number of hydrogen-bond donors (Lipinski definition) is 1. The third-order valence-corrected chi connectivity index (χ3v) is 5.40. The van der Waals surface area contributed by atoms with Crippen molar-refractivity contribution in [3.63, 3.8) is 0 Å². The summed E-state index contributed by atoms with van der Waals surface area (Å²) in [6.45, 7) is 4.41. The summed E-state index contributed by atoms with van der Waals surface area (Å²) in [7, 11) is 0. The molecule has 1 aromatic carbocycles. The number of carboxylic acids is 1. The van der Waals surface area contributed by atoms with Crippen molar-refractivity contribution in [3.8, 4) is 0 Å². The molecule has 0 unspecified atom stereocenters. The number of benzene rings is 1. The highest BCUT2D eigenvalue weighted by Crippen LogP contribution is 2.39. The highest BCUT2D eigenvalue weighted by molar-refractivity contribution is 5.98. The van der Waals surface area contributed by atoms with Gasteiger partial charge in [0.25, 0.3) is 5.91 Å². The molecule has 0 spiro atoms. The molecule has 4 rings (SSSR count). The molecule has 5 heteroatoms. The molecule has 1 saturated carbocycles. The van der Waals surface area contributed by atoms with E-state index in [9.17, 15) is 14.7 Å². The van der Waals surface area contributed by atoms with Crippen LogP contribution in [0, 0.1) is 13.8 Å². The van der Waals surface area contributed by atoms with Crippen LogP contribution in [0.5, 0.6) is 0 Å². The first kappa shape index (κ1) is 15.9. The summed E-state index contributed by atoms with van der Waals surface area (Å²) in [5.74, 6) is -1.15. The zero-order valence-electron chi connectivity index (χ0n) is 14.5. The van der Waals surface area contributed by atoms with Crippen LogP contribution in [-0.2, 0) is 11.2 Å². The van der Waals surface area contributed by atoms with Crippen LogP contribution in [0.25, 0.3) is 0 Å². The fourth-order valence-electron chi connectivity index (χ4n) is 4.09. The summed E-state index contributed by atoms with van der Waals surface area (Å²) in [6, 6.07) is 9.02. The van der Waals surface area contributed by atoms with Crippen molar-refractivity contribution in [2.75, 3.05) is 6.54 Å². The van der Waals surface area contributed by atoms with E-state index in [1.807, 2.05) is 44.2 Å². The van der Waals surface area contributed by atoms with E-state index in [-0.39, 0.29) is 5.91 Å². The van der Waals surface area contributed by atoms with Crippen molar-refractivity contribution >= 4 is 11.9 Å². The molecule has 5 nitrogen and oxygen atoms in total. The number of amides is 1. The molecule has 1 amide bonds. The summed E-state index contributed by atoms with van der Waals surface area (Å²) in [5, 5.41) is 9.78. The molecule has 1 aliphatic carbocycles. The van der Waals surface area contributed by atoms with E-state index in [0.717, 1.165) is 35.4 Å². The lowest BCUT2D eigenvalue weighted by molar-refractivity contribution is -0.143. The minimum absolute atomic E-state index is 0.179. The average molecular weight is 338 g/mol. The molecular weight excluding hydrogens is 316 g/mol. The Balaban J connectivity index is 1.73. The van der Waals surface area contributed by atoms with Crippen LogP contribution in [-0.4, -0.2) is 33.0 Å². The van der Waals surface area contributed by atoms with Gasteiger partial charge in [-0.1, -0.05) is 24.3 Å². The quantitative estimate of drug-likeness (QED) is 0.934. The second-order valence-electron chi connectivity index (χ2n) is 7.07. The molecule has 25 heavy (non-hydrogen) atoms. The van der Waals surface area contributed by atoms with E-state index in [2.05, 4.69) is 4.57 Å². The van der Waals surface area contributed by atoms with Gasteiger partial charge in [0.05, 0.1) is 5.56 Å². The monoisotopic (exact) mass is 338 g/mol. The first-order valence-electron chi connectivity index (χ1n) is 8.79. The zero-order valence-corrected chi connectivity index (χ0v) is 14.5. The molecule has 0 radical (unpaired) electrons. The largest absolute Gasteiger partial charge is 0.479 e. The van der Waals surface area contributed by atoms with Gasteiger partial charge in [-0.05, 0) is 50.3 Å². The van der Waals surface area contributed by atoms with Crippen molar-refractivity contribution in [1.82, 2.24) is 9.47 Å². The third-order valence-electron chi connectivity index (χ3n) is 5.40. The number of carbonyl (C=O) groups excluding carboxylic acids is 1.